The van der Waals surface area contributed by atoms with Crippen LogP contribution in [0.15, 0.2) is 12.3 Å². The fraction of sp³-hybridized carbons (Fsp3) is 0.588. The number of hydrogen-bond acceptors (Lipinski definition) is 5. The number of hydrogen-bond donors (Lipinski definition) is 3. The zero-order valence-corrected chi connectivity index (χ0v) is 15.3. The number of urea groups is 1. The van der Waals surface area contributed by atoms with E-state index in [1.54, 1.807) is 30.8 Å². The average Bonchev–Trinajstić information content (AvgIpc) is 2.89. The molecule has 144 valence electrons. The number of esters is 1. The van der Waals surface area contributed by atoms with Gasteiger partial charge in [-0.25, -0.2) is 9.59 Å². The van der Waals surface area contributed by atoms with Gasteiger partial charge in [-0.05, 0) is 32.4 Å². The zero-order chi connectivity index (χ0) is 19.3. The summed E-state index contributed by atoms with van der Waals surface area (Å²) in [5.74, 6) is -1.29. The molecule has 3 N–H and O–H groups in total. The summed E-state index contributed by atoms with van der Waals surface area (Å²) in [6, 6.07) is 1.40. The van der Waals surface area contributed by atoms with Gasteiger partial charge in [0.2, 0.25) is 0 Å². The van der Waals surface area contributed by atoms with Crippen molar-refractivity contribution in [3.63, 3.8) is 0 Å². The third kappa shape index (κ3) is 4.98. The van der Waals surface area contributed by atoms with Crippen LogP contribution in [0.3, 0.4) is 0 Å². The maximum atomic E-state index is 12.1. The molecule has 1 heterocycles. The van der Waals surface area contributed by atoms with Crippen molar-refractivity contribution in [1.82, 2.24) is 14.8 Å². The molecule has 1 aliphatic carbocycles. The highest BCUT2D eigenvalue weighted by atomic mass is 16.5. The number of carbonyl (C=O) groups is 3. The maximum absolute atomic E-state index is 12.1. The number of carboxylic acid groups (broad SMARTS) is 1. The first-order chi connectivity index (χ1) is 12.3. The molecule has 9 nitrogen and oxygen atoms in total. The molecule has 1 fully saturated rings. The molecule has 0 bridgehead atoms. The molecule has 0 aliphatic heterocycles. The largest absolute Gasteiger partial charge is 0.480 e. The quantitative estimate of drug-likeness (QED) is 0.597. The van der Waals surface area contributed by atoms with Gasteiger partial charge in [0.05, 0.1) is 18.8 Å². The summed E-state index contributed by atoms with van der Waals surface area (Å²) >= 11 is 0. The monoisotopic (exact) mass is 366 g/mol. The Morgan fingerprint density at radius 2 is 2.04 bits per heavy atom. The lowest BCUT2D eigenvalue weighted by atomic mass is 9.85. The molecule has 2 rings (SSSR count). The van der Waals surface area contributed by atoms with Gasteiger partial charge in [0.15, 0.2) is 0 Å². The molecular weight excluding hydrogens is 340 g/mol. The number of likely N-dealkylation sites (N-methyl/N-ethyl adjacent to an activating group) is 1. The van der Waals surface area contributed by atoms with Crippen LogP contribution in [-0.4, -0.2) is 64.3 Å². The summed E-state index contributed by atoms with van der Waals surface area (Å²) in [5.41, 5.74) is 0.864. The first-order valence-electron chi connectivity index (χ1n) is 8.70. The fourth-order valence-corrected chi connectivity index (χ4v) is 3.07. The number of aliphatic carboxylic acids is 1. The summed E-state index contributed by atoms with van der Waals surface area (Å²) < 4.78 is 6.55. The molecule has 0 aromatic carbocycles. The van der Waals surface area contributed by atoms with Crippen molar-refractivity contribution in [3.05, 3.63) is 18.0 Å². The lowest BCUT2D eigenvalue weighted by Crippen LogP contribution is -2.55. The number of nitrogens with zero attached hydrogens (tertiary/aromatic N) is 2. The topological polar surface area (TPSA) is 113 Å². The van der Waals surface area contributed by atoms with Gasteiger partial charge in [0.25, 0.3) is 0 Å². The first-order valence-corrected chi connectivity index (χ1v) is 8.70. The number of nitrogens with one attached hydrogen (secondary N) is 2. The summed E-state index contributed by atoms with van der Waals surface area (Å²) in [6.45, 7) is 4.62. The van der Waals surface area contributed by atoms with Gasteiger partial charge in [0, 0.05) is 25.3 Å². The Kier molecular flexibility index (Phi) is 6.62. The minimum absolute atomic E-state index is 0.0103. The Morgan fingerprint density at radius 3 is 2.62 bits per heavy atom. The minimum atomic E-state index is -0.845. The lowest BCUT2D eigenvalue weighted by molar-refractivity contribution is -0.139. The molecule has 0 atom stereocenters. The van der Waals surface area contributed by atoms with Gasteiger partial charge in [-0.1, -0.05) is 6.92 Å². The van der Waals surface area contributed by atoms with E-state index in [4.69, 9.17) is 9.84 Å². The molecule has 26 heavy (non-hydrogen) atoms. The predicted octanol–water partition coefficient (Wildman–Crippen LogP) is 1.26. The van der Waals surface area contributed by atoms with E-state index in [1.165, 1.54) is 0 Å². The molecule has 2 amide bonds. The van der Waals surface area contributed by atoms with E-state index in [0.717, 1.165) is 12.8 Å². The second kappa shape index (κ2) is 8.70. The molecule has 1 aromatic rings. The van der Waals surface area contributed by atoms with Crippen LogP contribution in [0.5, 0.6) is 0 Å². The van der Waals surface area contributed by atoms with Crippen molar-refractivity contribution in [2.75, 3.05) is 25.0 Å². The van der Waals surface area contributed by atoms with Gasteiger partial charge in [0.1, 0.15) is 5.69 Å². The third-order valence-corrected chi connectivity index (χ3v) is 4.46. The second-order valence-corrected chi connectivity index (χ2v) is 6.32. The summed E-state index contributed by atoms with van der Waals surface area (Å²) in [5, 5.41) is 14.5. The molecule has 1 saturated carbocycles. The number of carboxylic acids is 1. The number of rotatable bonds is 8. The third-order valence-electron chi connectivity index (χ3n) is 4.46. The lowest BCUT2D eigenvalue weighted by Gasteiger charge is -2.42. The SMILES string of the molecule is CCOC(=O)c1cc(NC(=O)NC2CC(N(CC)CC(=O)O)C2)cn1C. The standard InChI is InChI=1S/C17H26N4O5/c1-4-21(10-15(22)23)13-6-11(7-13)18-17(25)19-12-8-14(20(3)9-12)16(24)26-5-2/h8-9,11,13H,4-7,10H2,1-3H3,(H,22,23)(H2,18,19,25). The van der Waals surface area contributed by atoms with Crippen LogP contribution in [0.4, 0.5) is 10.5 Å². The van der Waals surface area contributed by atoms with Crippen LogP contribution < -0.4 is 10.6 Å². The van der Waals surface area contributed by atoms with Crippen molar-refractivity contribution in [2.45, 2.75) is 38.8 Å². The molecule has 0 radical (unpaired) electrons. The van der Waals surface area contributed by atoms with Crippen molar-refractivity contribution in [1.29, 1.82) is 0 Å². The van der Waals surface area contributed by atoms with Crippen LogP contribution in [0.2, 0.25) is 0 Å². The fourth-order valence-electron chi connectivity index (χ4n) is 3.07. The Hall–Kier alpha value is -2.55. The molecule has 1 aromatic heterocycles. The normalized spacial score (nSPS) is 18.9. The highest BCUT2D eigenvalue weighted by molar-refractivity contribution is 5.93. The molecule has 0 spiro atoms. The Morgan fingerprint density at radius 1 is 1.35 bits per heavy atom. The van der Waals surface area contributed by atoms with E-state index in [-0.39, 0.29) is 31.3 Å². The van der Waals surface area contributed by atoms with Gasteiger partial charge in [-0.2, -0.15) is 0 Å². The van der Waals surface area contributed by atoms with Crippen molar-refractivity contribution in [2.24, 2.45) is 7.05 Å². The Bertz CT molecular complexity index is 666. The number of aryl methyl sites for hydroxylation is 1. The Balaban J connectivity index is 1.81. The van der Waals surface area contributed by atoms with E-state index >= 15 is 0 Å². The van der Waals surface area contributed by atoms with Gasteiger partial charge >= 0.3 is 18.0 Å². The van der Waals surface area contributed by atoms with Crippen LogP contribution in [0.1, 0.15) is 37.2 Å². The summed E-state index contributed by atoms with van der Waals surface area (Å²) in [7, 11) is 1.70. The summed E-state index contributed by atoms with van der Waals surface area (Å²) in [6.07, 6.45) is 3.08. The van der Waals surface area contributed by atoms with Crippen LogP contribution in [0.25, 0.3) is 0 Å². The number of aromatic nitrogens is 1. The van der Waals surface area contributed by atoms with Crippen molar-refractivity contribution < 1.29 is 24.2 Å². The number of anilines is 1. The molecule has 1 aliphatic rings. The van der Waals surface area contributed by atoms with Gasteiger partial charge in [-0.3, -0.25) is 9.69 Å². The van der Waals surface area contributed by atoms with E-state index in [2.05, 4.69) is 10.6 Å². The van der Waals surface area contributed by atoms with Gasteiger partial charge < -0.3 is 25.0 Å². The van der Waals surface area contributed by atoms with Crippen molar-refractivity contribution >= 4 is 23.7 Å². The van der Waals surface area contributed by atoms with Crippen molar-refractivity contribution in [3.8, 4) is 0 Å². The van der Waals surface area contributed by atoms with E-state index in [0.29, 0.717) is 17.9 Å². The van der Waals surface area contributed by atoms with Crippen LogP contribution >= 0.6 is 0 Å². The number of amides is 2. The zero-order valence-electron chi connectivity index (χ0n) is 15.3. The summed E-state index contributed by atoms with van der Waals surface area (Å²) in [4.78, 5) is 36.6. The highest BCUT2D eigenvalue weighted by Gasteiger charge is 2.34. The Labute approximate surface area is 152 Å². The molecule has 0 saturated heterocycles. The van der Waals surface area contributed by atoms with Crippen LogP contribution in [0, 0.1) is 0 Å². The first kappa shape index (κ1) is 19.8. The van der Waals surface area contributed by atoms with E-state index in [9.17, 15) is 14.4 Å². The highest BCUT2D eigenvalue weighted by Crippen LogP contribution is 2.25. The molecule has 0 unspecified atom stereocenters. The van der Waals surface area contributed by atoms with E-state index in [1.807, 2.05) is 11.8 Å². The number of ether oxygens (including phenoxy) is 1. The minimum Gasteiger partial charge on any atom is -0.480 e. The van der Waals surface area contributed by atoms with E-state index < -0.39 is 11.9 Å². The maximum Gasteiger partial charge on any atom is 0.355 e. The second-order valence-electron chi connectivity index (χ2n) is 6.32. The van der Waals surface area contributed by atoms with Crippen LogP contribution in [-0.2, 0) is 16.6 Å². The molecular formula is C17H26N4O5. The van der Waals surface area contributed by atoms with Gasteiger partial charge in [-0.15, -0.1) is 0 Å². The average molecular weight is 366 g/mol. The molecule has 9 heteroatoms. The number of carbonyl (C=O) groups excluding carboxylic acids is 2. The predicted molar refractivity (Wildman–Crippen MR) is 95.2 cm³/mol. The smallest absolute Gasteiger partial charge is 0.355 e.